The van der Waals surface area contributed by atoms with Crippen LogP contribution in [0.5, 0.6) is 0 Å². The van der Waals surface area contributed by atoms with E-state index in [0.717, 1.165) is 0 Å². The van der Waals surface area contributed by atoms with E-state index in [1.807, 2.05) is 0 Å². The van der Waals surface area contributed by atoms with Gasteiger partial charge in [-0.2, -0.15) is 0 Å². The number of carbonyl (C=O) groups excluding carboxylic acids is 1. The van der Waals surface area contributed by atoms with E-state index in [-0.39, 0.29) is 5.56 Å². The summed E-state index contributed by atoms with van der Waals surface area (Å²) < 4.78 is 5.03. The number of benzene rings is 1. The number of aliphatic hydroxyl groups excluding tert-OH is 3. The highest BCUT2D eigenvalue weighted by atomic mass is 16.4. The molecule has 7 nitrogen and oxygen atoms in total. The highest BCUT2D eigenvalue weighted by Gasteiger charge is 2.31. The Morgan fingerprint density at radius 2 is 1.76 bits per heavy atom. The fourth-order valence-corrected chi connectivity index (χ4v) is 1.80. The first-order valence-corrected chi connectivity index (χ1v) is 6.23. The van der Waals surface area contributed by atoms with Crippen LogP contribution in [-0.2, 0) is 0 Å². The van der Waals surface area contributed by atoms with E-state index in [9.17, 15) is 24.9 Å². The summed E-state index contributed by atoms with van der Waals surface area (Å²) in [6, 6.07) is 8.04. The Labute approximate surface area is 119 Å². The fourth-order valence-electron chi connectivity index (χ4n) is 1.80. The zero-order chi connectivity index (χ0) is 15.5. The quantitative estimate of drug-likeness (QED) is 0.538. The van der Waals surface area contributed by atoms with Crippen molar-refractivity contribution in [2.24, 2.45) is 0 Å². The van der Waals surface area contributed by atoms with Gasteiger partial charge in [0.15, 0.2) is 0 Å². The second kappa shape index (κ2) is 6.04. The molecule has 0 aliphatic carbocycles. The van der Waals surface area contributed by atoms with E-state index in [1.165, 1.54) is 6.07 Å². The standard InChI is InChI=1S/C14H15NO6/c16-6-14(7-17,8-18)15-12(19)10-5-9-3-1-2-4-11(9)21-13(10)20/h1-5,16-18H,6-8H2,(H,15,19). The Morgan fingerprint density at radius 3 is 2.38 bits per heavy atom. The number of nitrogens with one attached hydrogen (secondary N) is 1. The molecule has 1 heterocycles. The molecule has 0 radical (unpaired) electrons. The molecule has 0 atom stereocenters. The zero-order valence-corrected chi connectivity index (χ0v) is 11.1. The summed E-state index contributed by atoms with van der Waals surface area (Å²) in [5.41, 5.74) is -2.37. The second-order valence-electron chi connectivity index (χ2n) is 4.69. The summed E-state index contributed by atoms with van der Waals surface area (Å²) in [7, 11) is 0. The lowest BCUT2D eigenvalue weighted by Crippen LogP contribution is -2.57. The third-order valence-electron chi connectivity index (χ3n) is 3.17. The van der Waals surface area contributed by atoms with Gasteiger partial charge in [-0.05, 0) is 12.1 Å². The van der Waals surface area contributed by atoms with Crippen LogP contribution in [0, 0.1) is 0 Å². The van der Waals surface area contributed by atoms with Crippen molar-refractivity contribution >= 4 is 16.9 Å². The molecule has 2 rings (SSSR count). The maximum atomic E-state index is 12.1. The maximum Gasteiger partial charge on any atom is 0.349 e. The van der Waals surface area contributed by atoms with Crippen LogP contribution < -0.4 is 10.9 Å². The van der Waals surface area contributed by atoms with E-state index in [0.29, 0.717) is 11.0 Å². The Bertz CT molecular complexity index is 696. The Morgan fingerprint density at radius 1 is 1.14 bits per heavy atom. The van der Waals surface area contributed by atoms with Crippen molar-refractivity contribution < 1.29 is 24.5 Å². The average molecular weight is 293 g/mol. The minimum absolute atomic E-state index is 0.270. The highest BCUT2D eigenvalue weighted by molar-refractivity contribution is 5.97. The molecule has 0 saturated heterocycles. The first-order chi connectivity index (χ1) is 10.0. The monoisotopic (exact) mass is 293 g/mol. The van der Waals surface area contributed by atoms with Crippen LogP contribution in [-0.4, -0.2) is 46.6 Å². The zero-order valence-electron chi connectivity index (χ0n) is 11.1. The van der Waals surface area contributed by atoms with E-state index in [2.05, 4.69) is 5.32 Å². The molecule has 2 aromatic rings. The lowest BCUT2D eigenvalue weighted by atomic mass is 10.0. The molecule has 0 saturated carbocycles. The molecular formula is C14H15NO6. The van der Waals surface area contributed by atoms with Crippen LogP contribution in [0.15, 0.2) is 39.5 Å². The molecule has 1 aromatic carbocycles. The van der Waals surface area contributed by atoms with Gasteiger partial charge in [0, 0.05) is 5.39 Å². The third kappa shape index (κ3) is 2.94. The molecule has 1 amide bonds. The minimum atomic E-state index is -1.60. The Balaban J connectivity index is 2.39. The molecule has 0 unspecified atom stereocenters. The van der Waals surface area contributed by atoms with Gasteiger partial charge in [0.25, 0.3) is 5.91 Å². The first-order valence-electron chi connectivity index (χ1n) is 6.23. The topological polar surface area (TPSA) is 120 Å². The lowest BCUT2D eigenvalue weighted by molar-refractivity contribution is 0.0374. The summed E-state index contributed by atoms with van der Waals surface area (Å²) in [6.45, 7) is -2.03. The van der Waals surface area contributed by atoms with Gasteiger partial charge < -0.3 is 25.1 Å². The average Bonchev–Trinajstić information content (AvgIpc) is 2.52. The number of rotatable bonds is 5. The number of para-hydroxylation sites is 1. The summed E-state index contributed by atoms with van der Waals surface area (Å²) in [5, 5.41) is 30.3. The van der Waals surface area contributed by atoms with Crippen molar-refractivity contribution in [1.82, 2.24) is 5.32 Å². The summed E-state index contributed by atoms with van der Waals surface area (Å²) >= 11 is 0. The number of hydrogen-bond donors (Lipinski definition) is 4. The number of amides is 1. The van der Waals surface area contributed by atoms with Crippen LogP contribution in [0.3, 0.4) is 0 Å². The Hall–Kier alpha value is -2.22. The van der Waals surface area contributed by atoms with Crippen LogP contribution in [0.1, 0.15) is 10.4 Å². The van der Waals surface area contributed by atoms with Crippen molar-refractivity contribution in [2.75, 3.05) is 19.8 Å². The van der Waals surface area contributed by atoms with Crippen LogP contribution in [0.25, 0.3) is 11.0 Å². The minimum Gasteiger partial charge on any atom is -0.422 e. The van der Waals surface area contributed by atoms with Crippen molar-refractivity contribution in [2.45, 2.75) is 5.54 Å². The van der Waals surface area contributed by atoms with Gasteiger partial charge in [-0.3, -0.25) is 4.79 Å². The third-order valence-corrected chi connectivity index (χ3v) is 3.17. The van der Waals surface area contributed by atoms with Gasteiger partial charge in [-0.1, -0.05) is 18.2 Å². The lowest BCUT2D eigenvalue weighted by Gasteiger charge is -2.28. The van der Waals surface area contributed by atoms with Gasteiger partial charge in [-0.25, -0.2) is 4.79 Å². The molecule has 7 heteroatoms. The van der Waals surface area contributed by atoms with Gasteiger partial charge in [0.1, 0.15) is 16.7 Å². The normalized spacial score (nSPS) is 11.6. The summed E-state index contributed by atoms with van der Waals surface area (Å²) in [4.78, 5) is 23.9. The number of aliphatic hydroxyl groups is 3. The molecule has 0 fully saturated rings. The van der Waals surface area contributed by atoms with Crippen molar-refractivity contribution in [3.05, 3.63) is 46.3 Å². The van der Waals surface area contributed by atoms with E-state index >= 15 is 0 Å². The molecule has 112 valence electrons. The van der Waals surface area contributed by atoms with Crippen LogP contribution in [0.2, 0.25) is 0 Å². The van der Waals surface area contributed by atoms with Crippen molar-refractivity contribution in [3.8, 4) is 0 Å². The SMILES string of the molecule is O=C(NC(CO)(CO)CO)c1cc2ccccc2oc1=O. The van der Waals surface area contributed by atoms with Gasteiger partial charge in [0.2, 0.25) is 0 Å². The van der Waals surface area contributed by atoms with Crippen LogP contribution >= 0.6 is 0 Å². The van der Waals surface area contributed by atoms with E-state index in [1.54, 1.807) is 24.3 Å². The molecular weight excluding hydrogens is 278 g/mol. The predicted molar refractivity (Wildman–Crippen MR) is 73.9 cm³/mol. The highest BCUT2D eigenvalue weighted by Crippen LogP contribution is 2.13. The Kier molecular flexibility index (Phi) is 4.37. The van der Waals surface area contributed by atoms with Crippen LogP contribution in [0.4, 0.5) is 0 Å². The molecule has 4 N–H and O–H groups in total. The summed E-state index contributed by atoms with van der Waals surface area (Å²) in [5.74, 6) is -0.841. The van der Waals surface area contributed by atoms with Crippen molar-refractivity contribution in [3.63, 3.8) is 0 Å². The maximum absolute atomic E-state index is 12.1. The smallest absolute Gasteiger partial charge is 0.349 e. The largest absolute Gasteiger partial charge is 0.422 e. The van der Waals surface area contributed by atoms with Gasteiger partial charge in [-0.15, -0.1) is 0 Å². The number of hydrogen-bond acceptors (Lipinski definition) is 6. The predicted octanol–water partition coefficient (Wildman–Crippen LogP) is -0.762. The van der Waals surface area contributed by atoms with Crippen molar-refractivity contribution in [1.29, 1.82) is 0 Å². The fraction of sp³-hybridized carbons (Fsp3) is 0.286. The van der Waals surface area contributed by atoms with E-state index in [4.69, 9.17) is 4.42 Å². The van der Waals surface area contributed by atoms with Gasteiger partial charge in [0.05, 0.1) is 19.8 Å². The van der Waals surface area contributed by atoms with E-state index < -0.39 is 36.9 Å². The number of carbonyl (C=O) groups is 1. The molecule has 21 heavy (non-hydrogen) atoms. The molecule has 0 bridgehead atoms. The van der Waals surface area contributed by atoms with Gasteiger partial charge >= 0.3 is 5.63 Å². The molecule has 0 spiro atoms. The first kappa shape index (κ1) is 15.2. The molecule has 0 aliphatic rings. The molecule has 1 aromatic heterocycles. The molecule has 0 aliphatic heterocycles. The summed E-state index contributed by atoms with van der Waals surface area (Å²) in [6.07, 6.45) is 0. The second-order valence-corrected chi connectivity index (χ2v) is 4.69. The number of fused-ring (bicyclic) bond motifs is 1.